The second kappa shape index (κ2) is 9.29. The van der Waals surface area contributed by atoms with E-state index >= 15 is 0 Å². The highest BCUT2D eigenvalue weighted by atomic mass is 32.1. The number of hydrogen-bond acceptors (Lipinski definition) is 6. The first-order valence-corrected chi connectivity index (χ1v) is 11.1. The zero-order chi connectivity index (χ0) is 22.7. The van der Waals surface area contributed by atoms with E-state index in [-0.39, 0.29) is 23.8 Å². The third kappa shape index (κ3) is 4.68. The molecule has 162 valence electrons. The van der Waals surface area contributed by atoms with Crippen LogP contribution in [0.2, 0.25) is 0 Å². The topological polar surface area (TPSA) is 104 Å². The number of aromatic nitrogens is 1. The van der Waals surface area contributed by atoms with Crippen molar-refractivity contribution in [1.29, 1.82) is 0 Å². The largest absolute Gasteiger partial charge is 0.493 e. The van der Waals surface area contributed by atoms with Crippen molar-refractivity contribution in [2.45, 2.75) is 19.4 Å². The van der Waals surface area contributed by atoms with Gasteiger partial charge in [0.25, 0.3) is 0 Å². The maximum atomic E-state index is 12.2. The van der Waals surface area contributed by atoms with Crippen LogP contribution in [0.5, 0.6) is 5.88 Å². The van der Waals surface area contributed by atoms with Crippen molar-refractivity contribution in [2.75, 3.05) is 5.32 Å². The highest BCUT2D eigenvalue weighted by Gasteiger charge is 2.15. The molecule has 1 aliphatic heterocycles. The number of nitrogens with zero attached hydrogens (tertiary/aromatic N) is 2. The highest BCUT2D eigenvalue weighted by Crippen LogP contribution is 2.35. The molecule has 1 aliphatic rings. The summed E-state index contributed by atoms with van der Waals surface area (Å²) in [6, 6.07) is 13.8. The normalized spacial score (nSPS) is 13.3. The van der Waals surface area contributed by atoms with Crippen LogP contribution in [-0.2, 0) is 11.3 Å². The lowest BCUT2D eigenvalue weighted by atomic mass is 10.1. The second-order valence-electron chi connectivity index (χ2n) is 7.12. The van der Waals surface area contributed by atoms with E-state index in [2.05, 4.69) is 10.3 Å². The summed E-state index contributed by atoms with van der Waals surface area (Å²) in [5.41, 5.74) is 3.49. The van der Waals surface area contributed by atoms with Gasteiger partial charge >= 0.3 is 5.97 Å². The number of aromatic hydroxyl groups is 1. The molecule has 0 spiro atoms. The minimum Gasteiger partial charge on any atom is -0.493 e. The molecule has 2 heterocycles. The molecule has 1 amide bonds. The van der Waals surface area contributed by atoms with Gasteiger partial charge in [0, 0.05) is 36.0 Å². The fourth-order valence-electron chi connectivity index (χ4n) is 3.32. The number of rotatable bonds is 7. The summed E-state index contributed by atoms with van der Waals surface area (Å²) in [6.07, 6.45) is 4.35. The Morgan fingerprint density at radius 2 is 1.91 bits per heavy atom. The molecule has 32 heavy (non-hydrogen) atoms. The molecule has 1 aromatic heterocycles. The van der Waals surface area contributed by atoms with Gasteiger partial charge in [-0.15, -0.1) is 11.3 Å². The molecule has 0 fully saturated rings. The molecule has 0 bridgehead atoms. The lowest BCUT2D eigenvalue weighted by molar-refractivity contribution is -0.116. The van der Waals surface area contributed by atoms with Crippen molar-refractivity contribution >= 4 is 64.7 Å². The molecule has 0 unspecified atom stereocenters. The Hall–Kier alpha value is -3.56. The molecule has 0 saturated carbocycles. The van der Waals surface area contributed by atoms with Gasteiger partial charge in [-0.2, -0.15) is 0 Å². The molecule has 0 radical (unpaired) electrons. The van der Waals surface area contributed by atoms with Crippen LogP contribution >= 0.6 is 23.6 Å². The van der Waals surface area contributed by atoms with Gasteiger partial charge in [-0.3, -0.25) is 14.4 Å². The molecule has 0 atom stereocenters. The van der Waals surface area contributed by atoms with Crippen LogP contribution in [0, 0.1) is 3.95 Å². The van der Waals surface area contributed by atoms with Gasteiger partial charge < -0.3 is 15.5 Å². The van der Waals surface area contributed by atoms with Crippen molar-refractivity contribution in [3.63, 3.8) is 0 Å². The Balaban J connectivity index is 1.37. The number of anilines is 1. The first-order chi connectivity index (χ1) is 15.4. The molecular weight excluding hydrogens is 446 g/mol. The van der Waals surface area contributed by atoms with Crippen LogP contribution in [0.25, 0.3) is 11.6 Å². The summed E-state index contributed by atoms with van der Waals surface area (Å²) in [4.78, 5) is 28.1. The summed E-state index contributed by atoms with van der Waals surface area (Å²) in [6.45, 7) is 0.403. The average molecular weight is 466 g/mol. The molecule has 0 aliphatic carbocycles. The van der Waals surface area contributed by atoms with E-state index in [0.29, 0.717) is 27.5 Å². The molecule has 7 nitrogen and oxygen atoms in total. The number of carboxylic acids is 1. The Bertz CT molecular complexity index is 1300. The van der Waals surface area contributed by atoms with Gasteiger partial charge in [-0.05, 0) is 55.0 Å². The number of fused-ring (bicyclic) bond motifs is 1. The molecule has 0 saturated heterocycles. The number of hydrogen-bond donors (Lipinski definition) is 3. The number of aromatic carboxylic acids is 1. The SMILES string of the molecule is O=C(CCCn1c(O)c(/C=C2/C=Nc3ccccc32)sc1=S)Nc1ccc(C(=O)O)cc1. The minimum absolute atomic E-state index is 0.0787. The van der Waals surface area contributed by atoms with E-state index in [1.165, 1.54) is 23.5 Å². The predicted octanol–water partition coefficient (Wildman–Crippen LogP) is 5.36. The average Bonchev–Trinajstić information content (AvgIpc) is 3.30. The molecular formula is C23H19N3O4S2. The molecule has 2 aromatic carbocycles. The minimum atomic E-state index is -1.02. The van der Waals surface area contributed by atoms with Crippen LogP contribution in [0.1, 0.15) is 33.6 Å². The number of para-hydroxylation sites is 1. The predicted molar refractivity (Wildman–Crippen MR) is 129 cm³/mol. The van der Waals surface area contributed by atoms with Gasteiger partial charge in [0.15, 0.2) is 3.95 Å². The smallest absolute Gasteiger partial charge is 0.335 e. The summed E-state index contributed by atoms with van der Waals surface area (Å²) in [7, 11) is 0. The van der Waals surface area contributed by atoms with E-state index < -0.39 is 5.97 Å². The number of carbonyl (C=O) groups excluding carboxylic acids is 1. The van der Waals surface area contributed by atoms with E-state index in [9.17, 15) is 14.7 Å². The molecule has 3 N–H and O–H groups in total. The van der Waals surface area contributed by atoms with E-state index in [0.717, 1.165) is 16.8 Å². The Labute approximate surface area is 193 Å². The van der Waals surface area contributed by atoms with Crippen LogP contribution in [0.4, 0.5) is 11.4 Å². The van der Waals surface area contributed by atoms with Crippen LogP contribution in [0.3, 0.4) is 0 Å². The molecule has 4 rings (SSSR count). The summed E-state index contributed by atoms with van der Waals surface area (Å²) in [5.74, 6) is -1.14. The standard InChI is InChI=1S/C23H19N3O4S2/c27-20(25-16-9-7-14(8-10-16)22(29)30)6-3-11-26-21(28)19(32-23(26)31)12-15-13-24-18-5-2-1-4-17(15)18/h1-2,4-5,7-10,12-13,28H,3,6,11H2,(H,25,27)(H,29,30)/b15-12-. The highest BCUT2D eigenvalue weighted by molar-refractivity contribution is 7.73. The third-order valence-electron chi connectivity index (χ3n) is 4.94. The van der Waals surface area contributed by atoms with E-state index in [4.69, 9.17) is 17.3 Å². The van der Waals surface area contributed by atoms with Crippen molar-refractivity contribution < 1.29 is 19.8 Å². The maximum absolute atomic E-state index is 12.2. The number of thiazole rings is 1. The van der Waals surface area contributed by atoms with Crippen molar-refractivity contribution in [1.82, 2.24) is 4.57 Å². The van der Waals surface area contributed by atoms with Crippen LogP contribution in [-0.4, -0.2) is 32.9 Å². The first-order valence-electron chi connectivity index (χ1n) is 9.83. The van der Waals surface area contributed by atoms with E-state index in [1.54, 1.807) is 22.9 Å². The Morgan fingerprint density at radius 3 is 2.66 bits per heavy atom. The van der Waals surface area contributed by atoms with Crippen LogP contribution < -0.4 is 5.32 Å². The monoisotopic (exact) mass is 465 g/mol. The Kier molecular flexibility index (Phi) is 6.29. The lowest BCUT2D eigenvalue weighted by Crippen LogP contribution is -2.12. The van der Waals surface area contributed by atoms with Crippen molar-refractivity contribution in [3.8, 4) is 5.88 Å². The number of carboxylic acid groups (broad SMARTS) is 1. The summed E-state index contributed by atoms with van der Waals surface area (Å²) < 4.78 is 2.15. The number of allylic oxidation sites excluding steroid dienone is 1. The number of nitrogens with one attached hydrogen (secondary N) is 1. The number of aliphatic imine (C=N–C) groups is 1. The fraction of sp³-hybridized carbons (Fsp3) is 0.130. The van der Waals surface area contributed by atoms with Gasteiger partial charge in [-0.25, -0.2) is 4.79 Å². The quantitative estimate of drug-likeness (QED) is 0.408. The zero-order valence-electron chi connectivity index (χ0n) is 16.8. The molecule has 9 heteroatoms. The first kappa shape index (κ1) is 21.7. The number of benzene rings is 2. The fourth-order valence-corrected chi connectivity index (χ4v) is 4.63. The van der Waals surface area contributed by atoms with Gasteiger partial charge in [0.05, 0.1) is 16.1 Å². The van der Waals surface area contributed by atoms with Gasteiger partial charge in [0.1, 0.15) is 0 Å². The third-order valence-corrected chi connectivity index (χ3v) is 6.32. The lowest BCUT2D eigenvalue weighted by Gasteiger charge is -2.07. The van der Waals surface area contributed by atoms with Gasteiger partial charge in [-0.1, -0.05) is 18.2 Å². The van der Waals surface area contributed by atoms with Crippen molar-refractivity contribution in [2.24, 2.45) is 4.99 Å². The van der Waals surface area contributed by atoms with Crippen LogP contribution in [0.15, 0.2) is 53.5 Å². The maximum Gasteiger partial charge on any atom is 0.335 e. The second-order valence-corrected chi connectivity index (χ2v) is 8.79. The van der Waals surface area contributed by atoms with Gasteiger partial charge in [0.2, 0.25) is 11.8 Å². The summed E-state index contributed by atoms with van der Waals surface area (Å²) >= 11 is 6.72. The number of carbonyl (C=O) groups is 2. The Morgan fingerprint density at radius 1 is 1.16 bits per heavy atom. The molecule has 3 aromatic rings. The van der Waals surface area contributed by atoms with E-state index in [1.807, 2.05) is 30.3 Å². The van der Waals surface area contributed by atoms with Crippen molar-refractivity contribution in [3.05, 3.63) is 68.5 Å². The number of amides is 1. The zero-order valence-corrected chi connectivity index (χ0v) is 18.4. The summed E-state index contributed by atoms with van der Waals surface area (Å²) in [5, 5.41) is 22.3.